The first-order valence-corrected chi connectivity index (χ1v) is 12.1. The smallest absolute Gasteiger partial charge is 0.339 e. The van der Waals surface area contributed by atoms with Crippen molar-refractivity contribution in [3.8, 4) is 22.8 Å². The minimum Gasteiger partial charge on any atom is -0.339 e. The first-order chi connectivity index (χ1) is 18.0. The van der Waals surface area contributed by atoms with Crippen LogP contribution in [0.1, 0.15) is 41.8 Å². The Morgan fingerprint density at radius 3 is 2.37 bits per heavy atom. The van der Waals surface area contributed by atoms with Crippen molar-refractivity contribution in [2.45, 2.75) is 38.4 Å². The summed E-state index contributed by atoms with van der Waals surface area (Å²) in [7, 11) is 0. The van der Waals surface area contributed by atoms with Crippen LogP contribution >= 0.6 is 0 Å². The van der Waals surface area contributed by atoms with Gasteiger partial charge in [-0.3, -0.25) is 9.59 Å². The van der Waals surface area contributed by atoms with Crippen LogP contribution in [0.3, 0.4) is 0 Å². The van der Waals surface area contributed by atoms with Crippen LogP contribution in [0.2, 0.25) is 0 Å². The molecule has 2 aromatic carbocycles. The summed E-state index contributed by atoms with van der Waals surface area (Å²) in [6.45, 7) is 4.01. The van der Waals surface area contributed by atoms with E-state index >= 15 is 0 Å². The number of hydrogen-bond acceptors (Lipinski definition) is 5. The normalized spacial score (nSPS) is 13.9. The molecular formula is C28H25F3N4O3. The van der Waals surface area contributed by atoms with E-state index in [0.29, 0.717) is 16.7 Å². The molecule has 5 rings (SSSR count). The topological polar surface area (TPSA) is 81.2 Å². The standard InChI is InChI=1S/C28H25F3N4O3/c1-27(2,28(29,30)31)22-10-7-19(8-11-22)24-32-25(38-33-24)21-9-12-23(36)35(17-21)16-18-5-3-6-20(15-18)26(37)34-13-4-14-34/h3,5-12,15,17H,4,13-14,16H2,1-2H3. The second-order valence-corrected chi connectivity index (χ2v) is 9.85. The minimum absolute atomic E-state index is 0.0208. The molecule has 0 aliphatic carbocycles. The van der Waals surface area contributed by atoms with E-state index in [2.05, 4.69) is 10.1 Å². The molecule has 0 unspecified atom stereocenters. The summed E-state index contributed by atoms with van der Waals surface area (Å²) < 4.78 is 46.9. The number of aromatic nitrogens is 3. The molecule has 0 spiro atoms. The Bertz CT molecular complexity index is 1530. The van der Waals surface area contributed by atoms with Crippen LogP contribution in [0.4, 0.5) is 13.2 Å². The fourth-order valence-corrected chi connectivity index (χ4v) is 4.14. The van der Waals surface area contributed by atoms with Gasteiger partial charge in [-0.05, 0) is 49.6 Å². The molecule has 4 aromatic rings. The lowest BCUT2D eigenvalue weighted by molar-refractivity contribution is -0.180. The van der Waals surface area contributed by atoms with Crippen molar-refractivity contribution in [3.05, 3.63) is 93.9 Å². The average molecular weight is 523 g/mol. The third-order valence-corrected chi connectivity index (χ3v) is 6.90. The molecule has 1 fully saturated rings. The van der Waals surface area contributed by atoms with Crippen LogP contribution in [0, 0.1) is 0 Å². The first-order valence-electron chi connectivity index (χ1n) is 12.1. The maximum Gasteiger partial charge on any atom is 0.397 e. The number of carbonyl (C=O) groups excluding carboxylic acids is 1. The van der Waals surface area contributed by atoms with Crippen molar-refractivity contribution >= 4 is 5.91 Å². The zero-order valence-corrected chi connectivity index (χ0v) is 20.8. The number of likely N-dealkylation sites (tertiary alicyclic amines) is 1. The lowest BCUT2D eigenvalue weighted by Gasteiger charge is -2.31. The Balaban J connectivity index is 1.36. The third kappa shape index (κ3) is 4.85. The average Bonchev–Trinajstić information content (AvgIpc) is 3.34. The molecule has 3 heterocycles. The van der Waals surface area contributed by atoms with Gasteiger partial charge in [-0.25, -0.2) is 0 Å². The van der Waals surface area contributed by atoms with Gasteiger partial charge < -0.3 is 14.0 Å². The Hall–Kier alpha value is -4.21. The number of pyridine rings is 1. The number of rotatable bonds is 6. The quantitative estimate of drug-likeness (QED) is 0.343. The number of benzene rings is 2. The molecule has 7 nitrogen and oxygen atoms in total. The molecule has 1 aliphatic rings. The fourth-order valence-electron chi connectivity index (χ4n) is 4.14. The highest BCUT2D eigenvalue weighted by atomic mass is 19.4. The summed E-state index contributed by atoms with van der Waals surface area (Å²) in [5, 5.41) is 3.96. The van der Waals surface area contributed by atoms with Crippen LogP contribution < -0.4 is 5.56 Å². The van der Waals surface area contributed by atoms with Gasteiger partial charge in [-0.2, -0.15) is 18.2 Å². The highest BCUT2D eigenvalue weighted by Crippen LogP contribution is 2.40. The van der Waals surface area contributed by atoms with Crippen molar-refractivity contribution in [2.75, 3.05) is 13.1 Å². The Morgan fingerprint density at radius 2 is 1.71 bits per heavy atom. The van der Waals surface area contributed by atoms with Gasteiger partial charge in [0.1, 0.15) is 0 Å². The van der Waals surface area contributed by atoms with Crippen molar-refractivity contribution in [2.24, 2.45) is 0 Å². The molecule has 1 saturated heterocycles. The number of alkyl halides is 3. The van der Waals surface area contributed by atoms with Crippen molar-refractivity contribution < 1.29 is 22.5 Å². The number of hydrogen-bond donors (Lipinski definition) is 0. The van der Waals surface area contributed by atoms with Crippen LogP contribution in [0.15, 0.2) is 76.2 Å². The second-order valence-electron chi connectivity index (χ2n) is 9.85. The van der Waals surface area contributed by atoms with Gasteiger partial charge in [0.15, 0.2) is 0 Å². The molecular weight excluding hydrogens is 497 g/mol. The largest absolute Gasteiger partial charge is 0.397 e. The molecule has 0 bridgehead atoms. The van der Waals surface area contributed by atoms with E-state index in [4.69, 9.17) is 4.52 Å². The lowest BCUT2D eigenvalue weighted by atomic mass is 9.83. The maximum atomic E-state index is 13.4. The van der Waals surface area contributed by atoms with Gasteiger partial charge in [0.05, 0.1) is 17.5 Å². The van der Waals surface area contributed by atoms with E-state index in [-0.39, 0.29) is 35.3 Å². The Morgan fingerprint density at radius 1 is 1.00 bits per heavy atom. The molecule has 0 saturated carbocycles. The number of halogens is 3. The van der Waals surface area contributed by atoms with Gasteiger partial charge in [-0.15, -0.1) is 0 Å². The molecule has 38 heavy (non-hydrogen) atoms. The summed E-state index contributed by atoms with van der Waals surface area (Å²) in [6, 6.07) is 16.0. The van der Waals surface area contributed by atoms with E-state index in [9.17, 15) is 22.8 Å². The third-order valence-electron chi connectivity index (χ3n) is 6.90. The molecule has 1 amide bonds. The number of nitrogens with zero attached hydrogens (tertiary/aromatic N) is 4. The molecule has 0 N–H and O–H groups in total. The van der Waals surface area contributed by atoms with E-state index < -0.39 is 11.6 Å². The van der Waals surface area contributed by atoms with Crippen molar-refractivity contribution in [1.29, 1.82) is 0 Å². The van der Waals surface area contributed by atoms with Crippen molar-refractivity contribution in [3.63, 3.8) is 0 Å². The van der Waals surface area contributed by atoms with E-state index in [0.717, 1.165) is 38.9 Å². The lowest BCUT2D eigenvalue weighted by Crippen LogP contribution is -2.42. The number of carbonyl (C=O) groups is 1. The van der Waals surface area contributed by atoms with Crippen LogP contribution in [-0.4, -0.2) is 44.8 Å². The first kappa shape index (κ1) is 25.4. The Labute approximate surface area is 216 Å². The van der Waals surface area contributed by atoms with Gasteiger partial charge in [0, 0.05) is 36.5 Å². The summed E-state index contributed by atoms with van der Waals surface area (Å²) in [5.41, 5.74) is 0.269. The van der Waals surface area contributed by atoms with Crippen LogP contribution in [0.5, 0.6) is 0 Å². The summed E-state index contributed by atoms with van der Waals surface area (Å²) in [6.07, 6.45) is -1.78. The monoisotopic (exact) mass is 522 g/mol. The van der Waals surface area contributed by atoms with Gasteiger partial charge in [0.2, 0.25) is 5.82 Å². The van der Waals surface area contributed by atoms with E-state index in [1.165, 1.54) is 34.9 Å². The molecule has 2 aromatic heterocycles. The van der Waals surface area contributed by atoms with Crippen LogP contribution in [0.25, 0.3) is 22.8 Å². The highest BCUT2D eigenvalue weighted by Gasteiger charge is 2.48. The SMILES string of the molecule is CC(C)(c1ccc(-c2noc(-c3ccc(=O)n(Cc4cccc(C(=O)N5CCC5)c4)c3)n2)cc1)C(F)(F)F. The summed E-state index contributed by atoms with van der Waals surface area (Å²) >= 11 is 0. The minimum atomic E-state index is -4.39. The zero-order valence-electron chi connectivity index (χ0n) is 20.8. The van der Waals surface area contributed by atoms with E-state index in [1.54, 1.807) is 35.4 Å². The van der Waals surface area contributed by atoms with Gasteiger partial charge in [-0.1, -0.05) is 41.6 Å². The molecule has 0 atom stereocenters. The van der Waals surface area contributed by atoms with Gasteiger partial charge >= 0.3 is 6.18 Å². The maximum absolute atomic E-state index is 13.4. The number of amides is 1. The predicted molar refractivity (Wildman–Crippen MR) is 135 cm³/mol. The summed E-state index contributed by atoms with van der Waals surface area (Å²) in [5.74, 6) is 0.356. The molecule has 196 valence electrons. The van der Waals surface area contributed by atoms with Crippen molar-refractivity contribution in [1.82, 2.24) is 19.6 Å². The summed E-state index contributed by atoms with van der Waals surface area (Å²) in [4.78, 5) is 31.2. The molecule has 10 heteroatoms. The zero-order chi connectivity index (χ0) is 27.1. The second kappa shape index (κ2) is 9.59. The fraction of sp³-hybridized carbons (Fsp3) is 0.286. The van der Waals surface area contributed by atoms with Gasteiger partial charge in [0.25, 0.3) is 17.4 Å². The van der Waals surface area contributed by atoms with E-state index in [1.807, 2.05) is 6.07 Å². The Kier molecular flexibility index (Phi) is 6.42. The molecule has 1 aliphatic heterocycles. The highest BCUT2D eigenvalue weighted by molar-refractivity contribution is 5.94. The predicted octanol–water partition coefficient (Wildman–Crippen LogP) is 5.30. The van der Waals surface area contributed by atoms with Crippen LogP contribution in [-0.2, 0) is 12.0 Å². The molecule has 0 radical (unpaired) electrons.